The first-order valence-corrected chi connectivity index (χ1v) is 6.71. The highest BCUT2D eigenvalue weighted by Crippen LogP contribution is 2.33. The number of nitrogens with one attached hydrogen (secondary N) is 1. The molecule has 0 saturated carbocycles. The van der Waals surface area contributed by atoms with E-state index in [9.17, 15) is 5.11 Å². The fourth-order valence-electron chi connectivity index (χ4n) is 2.07. The van der Waals surface area contributed by atoms with Gasteiger partial charge in [-0.3, -0.25) is 0 Å². The molecule has 1 heterocycles. The van der Waals surface area contributed by atoms with E-state index in [2.05, 4.69) is 10.3 Å². The number of rotatable bonds is 2. The Balaban J connectivity index is 2.10. The van der Waals surface area contributed by atoms with Crippen molar-refractivity contribution >= 4 is 34.1 Å². The summed E-state index contributed by atoms with van der Waals surface area (Å²) in [5, 5.41) is 13.0. The molecule has 5 nitrogen and oxygen atoms in total. The molecule has 0 bridgehead atoms. The van der Waals surface area contributed by atoms with E-state index in [1.54, 1.807) is 12.1 Å². The lowest BCUT2D eigenvalue weighted by Crippen LogP contribution is -2.18. The van der Waals surface area contributed by atoms with Crippen molar-refractivity contribution in [3.05, 3.63) is 42.0 Å². The quantitative estimate of drug-likeness (QED) is 0.498. The summed E-state index contributed by atoms with van der Waals surface area (Å²) in [6.07, 6.45) is 0. The van der Waals surface area contributed by atoms with Crippen molar-refractivity contribution in [2.24, 2.45) is 5.73 Å². The summed E-state index contributed by atoms with van der Waals surface area (Å²) in [5.41, 5.74) is 9.08. The Morgan fingerprint density at radius 1 is 1.29 bits per heavy atom. The SMILES string of the molecule is Cc1ccc2nc(-c3cc(NC(N)=S)ccc3O)oc2c1. The van der Waals surface area contributed by atoms with Gasteiger partial charge < -0.3 is 20.6 Å². The monoisotopic (exact) mass is 299 g/mol. The van der Waals surface area contributed by atoms with Gasteiger partial charge >= 0.3 is 0 Å². The van der Waals surface area contributed by atoms with E-state index in [4.69, 9.17) is 22.4 Å². The number of nitrogens with zero attached hydrogens (tertiary/aromatic N) is 1. The molecule has 0 aliphatic carbocycles. The van der Waals surface area contributed by atoms with E-state index in [0.717, 1.165) is 11.1 Å². The Kier molecular flexibility index (Phi) is 3.23. The molecule has 0 aliphatic rings. The van der Waals surface area contributed by atoms with Gasteiger partial charge in [0.15, 0.2) is 10.7 Å². The second-order valence-electron chi connectivity index (χ2n) is 4.71. The van der Waals surface area contributed by atoms with Crippen LogP contribution in [0.3, 0.4) is 0 Å². The average Bonchev–Trinajstić information content (AvgIpc) is 2.83. The molecule has 6 heteroatoms. The van der Waals surface area contributed by atoms with E-state index in [1.807, 2.05) is 25.1 Å². The molecule has 0 unspecified atom stereocenters. The highest BCUT2D eigenvalue weighted by atomic mass is 32.1. The molecule has 0 radical (unpaired) electrons. The van der Waals surface area contributed by atoms with Crippen molar-refractivity contribution in [3.63, 3.8) is 0 Å². The normalized spacial score (nSPS) is 10.7. The van der Waals surface area contributed by atoms with Crippen LogP contribution in [0.15, 0.2) is 40.8 Å². The van der Waals surface area contributed by atoms with Crippen LogP contribution in [0.1, 0.15) is 5.56 Å². The fraction of sp³-hybridized carbons (Fsp3) is 0.0667. The summed E-state index contributed by atoms with van der Waals surface area (Å²) < 4.78 is 5.71. The summed E-state index contributed by atoms with van der Waals surface area (Å²) in [6.45, 7) is 1.98. The molecule has 1 aromatic heterocycles. The van der Waals surface area contributed by atoms with E-state index in [1.165, 1.54) is 6.07 Å². The molecular weight excluding hydrogens is 286 g/mol. The van der Waals surface area contributed by atoms with Gasteiger partial charge in [-0.25, -0.2) is 4.98 Å². The summed E-state index contributed by atoms with van der Waals surface area (Å²) in [4.78, 5) is 4.39. The molecule has 21 heavy (non-hydrogen) atoms. The van der Waals surface area contributed by atoms with Crippen LogP contribution < -0.4 is 11.1 Å². The van der Waals surface area contributed by atoms with Gasteiger partial charge in [-0.2, -0.15) is 0 Å². The molecule has 0 atom stereocenters. The Labute approximate surface area is 126 Å². The molecule has 106 valence electrons. The maximum absolute atomic E-state index is 10.0. The molecule has 0 spiro atoms. The molecule has 0 saturated heterocycles. The van der Waals surface area contributed by atoms with Crippen LogP contribution >= 0.6 is 12.2 Å². The van der Waals surface area contributed by atoms with Gasteiger partial charge in [0.2, 0.25) is 5.89 Å². The number of thiocarbonyl (C=S) groups is 1. The third-order valence-electron chi connectivity index (χ3n) is 3.04. The van der Waals surface area contributed by atoms with Gasteiger partial charge in [0.1, 0.15) is 11.3 Å². The number of hydrogen-bond donors (Lipinski definition) is 3. The zero-order valence-corrected chi connectivity index (χ0v) is 12.1. The smallest absolute Gasteiger partial charge is 0.231 e. The predicted molar refractivity (Wildman–Crippen MR) is 86.3 cm³/mol. The topological polar surface area (TPSA) is 84.3 Å². The number of anilines is 1. The van der Waals surface area contributed by atoms with Crippen LogP contribution in [0, 0.1) is 6.92 Å². The second kappa shape index (κ2) is 5.06. The van der Waals surface area contributed by atoms with Crippen molar-refractivity contribution in [1.82, 2.24) is 4.98 Å². The lowest BCUT2D eigenvalue weighted by atomic mass is 10.1. The van der Waals surface area contributed by atoms with Crippen molar-refractivity contribution in [2.45, 2.75) is 6.92 Å². The lowest BCUT2D eigenvalue weighted by Gasteiger charge is -2.06. The van der Waals surface area contributed by atoms with E-state index in [0.29, 0.717) is 22.7 Å². The van der Waals surface area contributed by atoms with Crippen molar-refractivity contribution < 1.29 is 9.52 Å². The maximum atomic E-state index is 10.0. The molecule has 0 amide bonds. The minimum Gasteiger partial charge on any atom is -0.507 e. The van der Waals surface area contributed by atoms with E-state index in [-0.39, 0.29) is 10.9 Å². The fourth-order valence-corrected chi connectivity index (χ4v) is 2.19. The highest BCUT2D eigenvalue weighted by molar-refractivity contribution is 7.80. The largest absolute Gasteiger partial charge is 0.507 e. The number of phenols is 1. The molecular formula is C15H13N3O2S. The highest BCUT2D eigenvalue weighted by Gasteiger charge is 2.13. The summed E-state index contributed by atoms with van der Waals surface area (Å²) in [5.74, 6) is 0.423. The molecule has 0 aliphatic heterocycles. The molecule has 3 rings (SSSR count). The van der Waals surface area contributed by atoms with Gasteiger partial charge in [-0.15, -0.1) is 0 Å². The zero-order chi connectivity index (χ0) is 15.0. The third kappa shape index (κ3) is 2.66. The Morgan fingerprint density at radius 3 is 2.86 bits per heavy atom. The van der Waals surface area contributed by atoms with Crippen molar-refractivity contribution in [2.75, 3.05) is 5.32 Å². The number of aromatic nitrogens is 1. The van der Waals surface area contributed by atoms with Crippen LogP contribution in [0.25, 0.3) is 22.6 Å². The van der Waals surface area contributed by atoms with Crippen molar-refractivity contribution in [1.29, 1.82) is 0 Å². The minimum absolute atomic E-state index is 0.0757. The second-order valence-corrected chi connectivity index (χ2v) is 5.15. The minimum atomic E-state index is 0.0757. The Morgan fingerprint density at radius 2 is 2.10 bits per heavy atom. The van der Waals surface area contributed by atoms with Crippen LogP contribution in [-0.4, -0.2) is 15.2 Å². The number of aryl methyl sites for hydroxylation is 1. The van der Waals surface area contributed by atoms with Crippen LogP contribution in [0.2, 0.25) is 0 Å². The number of phenolic OH excluding ortho intramolecular Hbond substituents is 1. The van der Waals surface area contributed by atoms with Gasteiger partial charge in [0.05, 0.1) is 5.56 Å². The van der Waals surface area contributed by atoms with Gasteiger partial charge in [0.25, 0.3) is 0 Å². The Bertz CT molecular complexity index is 842. The molecule has 4 N–H and O–H groups in total. The molecule has 0 fully saturated rings. The number of nitrogens with two attached hydrogens (primary N) is 1. The maximum Gasteiger partial charge on any atom is 0.231 e. The zero-order valence-electron chi connectivity index (χ0n) is 11.3. The molecule has 2 aromatic carbocycles. The first-order chi connectivity index (χ1) is 10.0. The van der Waals surface area contributed by atoms with Gasteiger partial charge in [-0.05, 0) is 55.0 Å². The van der Waals surface area contributed by atoms with Gasteiger partial charge in [0, 0.05) is 5.69 Å². The van der Waals surface area contributed by atoms with Gasteiger partial charge in [-0.1, -0.05) is 6.07 Å². The lowest BCUT2D eigenvalue weighted by molar-refractivity contribution is 0.474. The number of fused-ring (bicyclic) bond motifs is 1. The first-order valence-electron chi connectivity index (χ1n) is 6.30. The number of benzene rings is 2. The summed E-state index contributed by atoms with van der Waals surface area (Å²) in [6, 6.07) is 10.6. The number of oxazole rings is 1. The average molecular weight is 299 g/mol. The predicted octanol–water partition coefficient (Wildman–Crippen LogP) is 3.16. The first kappa shape index (κ1) is 13.4. The van der Waals surface area contributed by atoms with E-state index < -0.39 is 0 Å². The molecule has 3 aromatic rings. The van der Waals surface area contributed by atoms with Crippen molar-refractivity contribution in [3.8, 4) is 17.2 Å². The number of hydrogen-bond acceptors (Lipinski definition) is 4. The Hall–Kier alpha value is -2.60. The van der Waals surface area contributed by atoms with E-state index >= 15 is 0 Å². The summed E-state index contributed by atoms with van der Waals surface area (Å²) >= 11 is 4.80. The van der Waals surface area contributed by atoms with Crippen LogP contribution in [0.5, 0.6) is 5.75 Å². The van der Waals surface area contributed by atoms with Crippen LogP contribution in [-0.2, 0) is 0 Å². The summed E-state index contributed by atoms with van der Waals surface area (Å²) in [7, 11) is 0. The van der Waals surface area contributed by atoms with Crippen LogP contribution in [0.4, 0.5) is 5.69 Å². The third-order valence-corrected chi connectivity index (χ3v) is 3.14. The standard InChI is InChI=1S/C15H13N3O2S/c1-8-2-4-11-13(6-8)20-14(18-11)10-7-9(17-15(16)21)3-5-12(10)19/h2-7,19H,1H3,(H3,16,17,21). The number of aromatic hydroxyl groups is 1.